The van der Waals surface area contributed by atoms with Gasteiger partial charge in [0.2, 0.25) is 0 Å². The first kappa shape index (κ1) is 25.2. The summed E-state index contributed by atoms with van der Waals surface area (Å²) in [5.74, 6) is -0.722. The van der Waals surface area contributed by atoms with Gasteiger partial charge in [0, 0.05) is 24.2 Å². The van der Waals surface area contributed by atoms with E-state index in [0.717, 1.165) is 5.39 Å². The molecule has 200 valence electrons. The Hall–Kier alpha value is -5.05. The molecular formula is C31H26N4O5. The number of ether oxygens (including phenoxy) is 1. The van der Waals surface area contributed by atoms with Gasteiger partial charge in [-0.2, -0.15) is 0 Å². The topological polar surface area (TPSA) is 103 Å². The number of rotatable bonds is 4. The second-order valence-corrected chi connectivity index (χ2v) is 10.6. The lowest BCUT2D eigenvalue weighted by Gasteiger charge is -2.21. The highest BCUT2D eigenvalue weighted by Crippen LogP contribution is 2.35. The molecule has 2 aromatic carbocycles. The highest BCUT2D eigenvalue weighted by molar-refractivity contribution is 6.21. The minimum atomic E-state index is -0.781. The molecule has 0 spiro atoms. The van der Waals surface area contributed by atoms with E-state index in [9.17, 15) is 19.2 Å². The average molecular weight is 535 g/mol. The van der Waals surface area contributed by atoms with Crippen LogP contribution in [0.3, 0.4) is 0 Å². The zero-order chi connectivity index (χ0) is 28.2. The van der Waals surface area contributed by atoms with Gasteiger partial charge in [-0.15, -0.1) is 0 Å². The van der Waals surface area contributed by atoms with Crippen LogP contribution in [0.4, 0.5) is 4.79 Å². The lowest BCUT2D eigenvalue weighted by atomic mass is 10.0. The summed E-state index contributed by atoms with van der Waals surface area (Å²) in [6.45, 7) is 5.41. The first-order valence-electron chi connectivity index (χ1n) is 12.9. The quantitative estimate of drug-likeness (QED) is 0.303. The Morgan fingerprint density at radius 1 is 0.875 bits per heavy atom. The van der Waals surface area contributed by atoms with Gasteiger partial charge in [0.15, 0.2) is 0 Å². The monoisotopic (exact) mass is 534 g/mol. The second kappa shape index (κ2) is 9.30. The SMILES string of the molecule is CC(C)(C)OC(=O)n1c(-c2cc(=O)n3ccccc3n2)c(CCN2C(=O)c3ccccc3C2=O)c2ccccc21. The predicted molar refractivity (Wildman–Crippen MR) is 150 cm³/mol. The molecule has 6 rings (SSSR count). The Morgan fingerprint density at radius 2 is 1.52 bits per heavy atom. The molecule has 5 aromatic rings. The number of hydrogen-bond acceptors (Lipinski definition) is 6. The number of nitrogens with zero attached hydrogens (tertiary/aromatic N) is 4. The molecule has 40 heavy (non-hydrogen) atoms. The summed E-state index contributed by atoms with van der Waals surface area (Å²) in [5, 5.41) is 0.732. The van der Waals surface area contributed by atoms with Gasteiger partial charge in [0.05, 0.1) is 28.0 Å². The molecule has 1 aliphatic heterocycles. The lowest BCUT2D eigenvalue weighted by Crippen LogP contribution is -2.32. The first-order chi connectivity index (χ1) is 19.1. The van der Waals surface area contributed by atoms with E-state index in [2.05, 4.69) is 0 Å². The summed E-state index contributed by atoms with van der Waals surface area (Å²) in [6.07, 6.45) is 1.23. The van der Waals surface area contributed by atoms with Crippen molar-refractivity contribution in [1.29, 1.82) is 0 Å². The molecule has 0 fully saturated rings. The zero-order valence-electron chi connectivity index (χ0n) is 22.2. The summed E-state index contributed by atoms with van der Waals surface area (Å²) in [5.41, 5.74) is 1.97. The van der Waals surface area contributed by atoms with Crippen molar-refractivity contribution in [2.24, 2.45) is 0 Å². The maximum absolute atomic E-state index is 13.7. The highest BCUT2D eigenvalue weighted by atomic mass is 16.6. The summed E-state index contributed by atoms with van der Waals surface area (Å²) < 4.78 is 8.62. The molecule has 0 aliphatic carbocycles. The molecule has 0 saturated heterocycles. The molecule has 0 N–H and O–H groups in total. The van der Waals surface area contributed by atoms with E-state index in [1.807, 2.05) is 18.2 Å². The number of carbonyl (C=O) groups excluding carboxylic acids is 3. The normalized spacial score (nSPS) is 13.3. The predicted octanol–water partition coefficient (Wildman–Crippen LogP) is 4.94. The minimum absolute atomic E-state index is 0.0776. The van der Waals surface area contributed by atoms with Crippen molar-refractivity contribution in [3.05, 3.63) is 106 Å². The maximum atomic E-state index is 13.7. The lowest BCUT2D eigenvalue weighted by molar-refractivity contribution is 0.0544. The van der Waals surface area contributed by atoms with Crippen molar-refractivity contribution in [3.63, 3.8) is 0 Å². The third kappa shape index (κ3) is 4.16. The molecule has 0 bridgehead atoms. The van der Waals surface area contributed by atoms with E-state index < -0.39 is 11.7 Å². The maximum Gasteiger partial charge on any atom is 0.419 e. The first-order valence-corrected chi connectivity index (χ1v) is 12.9. The number of hydrogen-bond donors (Lipinski definition) is 0. The van der Waals surface area contributed by atoms with Crippen molar-refractivity contribution in [2.45, 2.75) is 32.8 Å². The third-order valence-corrected chi connectivity index (χ3v) is 6.83. The summed E-state index contributed by atoms with van der Waals surface area (Å²) >= 11 is 0. The minimum Gasteiger partial charge on any atom is -0.443 e. The van der Waals surface area contributed by atoms with Crippen LogP contribution in [0.5, 0.6) is 0 Å². The summed E-state index contributed by atoms with van der Waals surface area (Å²) in [6, 6.07) is 20.7. The number of pyridine rings is 1. The largest absolute Gasteiger partial charge is 0.443 e. The van der Waals surface area contributed by atoms with Crippen LogP contribution >= 0.6 is 0 Å². The van der Waals surface area contributed by atoms with Crippen LogP contribution < -0.4 is 5.56 Å². The van der Waals surface area contributed by atoms with Crippen LogP contribution in [0.25, 0.3) is 27.9 Å². The van der Waals surface area contributed by atoms with E-state index in [1.54, 1.807) is 75.5 Å². The number of benzene rings is 2. The van der Waals surface area contributed by atoms with Gasteiger partial charge in [0.1, 0.15) is 11.2 Å². The van der Waals surface area contributed by atoms with Gasteiger partial charge in [-0.3, -0.25) is 23.7 Å². The fourth-order valence-corrected chi connectivity index (χ4v) is 5.17. The number of para-hydroxylation sites is 1. The molecule has 0 atom stereocenters. The third-order valence-electron chi connectivity index (χ3n) is 6.83. The molecule has 9 heteroatoms. The highest BCUT2D eigenvalue weighted by Gasteiger charge is 2.35. The van der Waals surface area contributed by atoms with Gasteiger partial charge < -0.3 is 4.74 Å². The zero-order valence-corrected chi connectivity index (χ0v) is 22.2. The Bertz CT molecular complexity index is 1880. The Labute approximate surface area is 229 Å². The van der Waals surface area contributed by atoms with Crippen LogP contribution in [0.15, 0.2) is 83.8 Å². The Kier molecular flexibility index (Phi) is 5.87. The number of carbonyl (C=O) groups is 3. The van der Waals surface area contributed by atoms with Gasteiger partial charge in [-0.25, -0.2) is 14.3 Å². The molecule has 0 radical (unpaired) electrons. The number of imide groups is 1. The Morgan fingerprint density at radius 3 is 2.23 bits per heavy atom. The molecule has 0 unspecified atom stereocenters. The molecule has 1 aliphatic rings. The van der Waals surface area contributed by atoms with E-state index in [4.69, 9.17) is 9.72 Å². The fourth-order valence-electron chi connectivity index (χ4n) is 5.17. The molecule has 9 nitrogen and oxygen atoms in total. The number of fused-ring (bicyclic) bond motifs is 3. The van der Waals surface area contributed by atoms with Gasteiger partial charge in [-0.05, 0) is 63.1 Å². The average Bonchev–Trinajstić information content (AvgIpc) is 3.38. The molecule has 2 amide bonds. The Balaban J connectivity index is 1.53. The van der Waals surface area contributed by atoms with Crippen molar-refractivity contribution in [2.75, 3.05) is 6.54 Å². The van der Waals surface area contributed by atoms with Crippen LogP contribution in [0.2, 0.25) is 0 Å². The van der Waals surface area contributed by atoms with Crippen LogP contribution in [0, 0.1) is 0 Å². The molecule has 3 aromatic heterocycles. The number of aromatic nitrogens is 3. The van der Waals surface area contributed by atoms with Gasteiger partial charge >= 0.3 is 6.09 Å². The fraction of sp³-hybridized carbons (Fsp3) is 0.194. The van der Waals surface area contributed by atoms with E-state index in [-0.39, 0.29) is 36.0 Å². The van der Waals surface area contributed by atoms with Crippen LogP contribution in [-0.4, -0.2) is 48.9 Å². The van der Waals surface area contributed by atoms with Crippen molar-refractivity contribution in [3.8, 4) is 11.4 Å². The summed E-state index contributed by atoms with van der Waals surface area (Å²) in [7, 11) is 0. The summed E-state index contributed by atoms with van der Waals surface area (Å²) in [4.78, 5) is 58.8. The van der Waals surface area contributed by atoms with Crippen molar-refractivity contribution < 1.29 is 19.1 Å². The van der Waals surface area contributed by atoms with Crippen molar-refractivity contribution in [1.82, 2.24) is 18.9 Å². The smallest absolute Gasteiger partial charge is 0.419 e. The van der Waals surface area contributed by atoms with Crippen molar-refractivity contribution >= 4 is 34.5 Å². The standard InChI is InChI=1S/C31H26N4O5/c1-31(2,3)40-30(39)35-24-13-7-6-10-19(24)20(15-17-34-28(37)21-11-4-5-12-22(21)29(34)38)27(35)23-18-26(36)33-16-9-8-14-25(33)32-23/h4-14,16,18H,15,17H2,1-3H3. The van der Waals surface area contributed by atoms with Gasteiger partial charge in [0.25, 0.3) is 17.4 Å². The molecule has 4 heterocycles. The van der Waals surface area contributed by atoms with E-state index in [0.29, 0.717) is 33.5 Å². The van der Waals surface area contributed by atoms with Crippen LogP contribution in [0.1, 0.15) is 47.1 Å². The second-order valence-electron chi connectivity index (χ2n) is 10.6. The van der Waals surface area contributed by atoms with E-state index >= 15 is 0 Å². The molecular weight excluding hydrogens is 508 g/mol. The van der Waals surface area contributed by atoms with Crippen LogP contribution in [-0.2, 0) is 11.2 Å². The number of amides is 2. The molecule has 0 saturated carbocycles. The van der Waals surface area contributed by atoms with E-state index in [1.165, 1.54) is 19.9 Å². The van der Waals surface area contributed by atoms with Gasteiger partial charge in [-0.1, -0.05) is 36.4 Å².